The second-order valence-electron chi connectivity index (χ2n) is 24.5. The fourth-order valence-electron chi connectivity index (χ4n) is 11.6. The summed E-state index contributed by atoms with van der Waals surface area (Å²) in [4.78, 5) is 124. The fourth-order valence-corrected chi connectivity index (χ4v) is 11.9. The number of epoxide rings is 1. The van der Waals surface area contributed by atoms with E-state index in [9.17, 15) is 48.3 Å². The quantitative estimate of drug-likeness (QED) is 0.0284. The van der Waals surface area contributed by atoms with Crippen molar-refractivity contribution in [3.05, 3.63) is 81.4 Å². The molecule has 5 N–H and O–H groups in total. The Labute approximate surface area is 523 Å². The number of nitrogens with zero attached hydrogens (tertiary/aromatic N) is 2. The molecule has 0 radical (unpaired) electrons. The van der Waals surface area contributed by atoms with Gasteiger partial charge in [-0.15, -0.1) is 0 Å². The molecular formula is C66H94ClN5O16. The van der Waals surface area contributed by atoms with E-state index >= 15 is 0 Å². The van der Waals surface area contributed by atoms with Crippen LogP contribution in [0.2, 0.25) is 5.02 Å². The average Bonchev–Trinajstić information content (AvgIpc) is 1.58. The van der Waals surface area contributed by atoms with Crippen LogP contribution in [0.25, 0.3) is 0 Å². The third-order valence-corrected chi connectivity index (χ3v) is 18.0. The average molecular weight is 1250 g/mol. The maximum absolute atomic E-state index is 14.5. The van der Waals surface area contributed by atoms with Crippen LogP contribution < -0.4 is 26.0 Å². The molecule has 2 aromatic rings. The highest BCUT2D eigenvalue weighted by molar-refractivity contribution is 6.35. The monoisotopic (exact) mass is 1250 g/mol. The zero-order chi connectivity index (χ0) is 65.4. The predicted molar refractivity (Wildman–Crippen MR) is 331 cm³/mol. The van der Waals surface area contributed by atoms with E-state index in [1.165, 1.54) is 44.1 Å². The molecule has 4 bridgehead atoms. The van der Waals surface area contributed by atoms with Crippen LogP contribution in [0.15, 0.2) is 54.1 Å². The Kier molecular flexibility index (Phi) is 26.8. The molecule has 2 aromatic carbocycles. The number of carbonyl (C=O) groups excluding carboxylic acids is 9. The van der Waals surface area contributed by atoms with Crippen molar-refractivity contribution in [3.8, 4) is 5.75 Å². The molecule has 486 valence electrons. The van der Waals surface area contributed by atoms with E-state index in [1.807, 2.05) is 40.7 Å². The Hall–Kier alpha value is -6.68. The molecule has 5 amide bonds. The number of ether oxygens (including phenoxy) is 6. The van der Waals surface area contributed by atoms with Gasteiger partial charge in [0.1, 0.15) is 52.1 Å². The van der Waals surface area contributed by atoms with Crippen molar-refractivity contribution in [2.24, 2.45) is 29.4 Å². The standard InChI is InChI=1S/C66H94ClN5O16/c1-14-44(15-2)63(80)85-28-18-16-17-22-47(73)34-48(38(3)4)60(77)70-49(23-20-27-69-64(68)81)51(74)33-45-25-26-46(30-40(45)6)61(78)71(10)42(8)62(79)87-55-35-56(75)72(11)50-31-43(32-52(83-12)58(50)67)29-39(5)21-19-24-54(84-13)66(82)36-53(86-57(76)37-66)41(7)59-65(55,9)88-59/h19,21,24-26,30-32,38,41-42,44,48-49,53-55,59,82H,14-18,20,22-23,27-29,33-37H2,1-13H3,(H,70,77)(H3,68,69,81)/b24-19+,39-21+/t41-,42+,48+,49+,53+,54-,55+,59+,65+,66-/m1/s1. The topological polar surface area (TPSA) is 289 Å². The Morgan fingerprint density at radius 2 is 1.68 bits per heavy atom. The molecule has 10 atom stereocenters. The smallest absolute Gasteiger partial charge is 0.328 e. The lowest BCUT2D eigenvalue weighted by atomic mass is 9.78. The van der Waals surface area contributed by atoms with Gasteiger partial charge in [-0.25, -0.2) is 9.59 Å². The number of carbonyl (C=O) groups is 9. The number of nitrogens with one attached hydrogen (secondary N) is 2. The van der Waals surface area contributed by atoms with Crippen LogP contribution in [0.3, 0.4) is 0 Å². The molecule has 3 aliphatic rings. The molecule has 0 aromatic heterocycles. The van der Waals surface area contributed by atoms with Crippen molar-refractivity contribution in [2.45, 2.75) is 200 Å². The number of rotatable bonds is 27. The number of unbranched alkanes of at least 4 members (excludes halogenated alkanes) is 2. The Bertz CT molecular complexity index is 2910. The van der Waals surface area contributed by atoms with Gasteiger partial charge in [-0.3, -0.25) is 33.6 Å². The summed E-state index contributed by atoms with van der Waals surface area (Å²) >= 11 is 6.87. The minimum Gasteiger partial charge on any atom is -0.495 e. The van der Waals surface area contributed by atoms with E-state index in [1.54, 1.807) is 64.2 Å². The molecule has 3 heterocycles. The predicted octanol–water partition coefficient (Wildman–Crippen LogP) is 8.20. The molecule has 0 saturated carbocycles. The summed E-state index contributed by atoms with van der Waals surface area (Å²) in [6.07, 6.45) is 5.00. The van der Waals surface area contributed by atoms with E-state index in [0.717, 1.165) is 11.1 Å². The van der Waals surface area contributed by atoms with Gasteiger partial charge in [0.15, 0.2) is 5.78 Å². The molecule has 88 heavy (non-hydrogen) atoms. The summed E-state index contributed by atoms with van der Waals surface area (Å²) in [6.45, 7) is 16.6. The van der Waals surface area contributed by atoms with Crippen molar-refractivity contribution in [2.75, 3.05) is 46.4 Å². The summed E-state index contributed by atoms with van der Waals surface area (Å²) < 4.78 is 35.3. The Morgan fingerprint density at radius 3 is 2.32 bits per heavy atom. The van der Waals surface area contributed by atoms with Gasteiger partial charge >= 0.3 is 23.9 Å². The van der Waals surface area contributed by atoms with Crippen molar-refractivity contribution in [1.29, 1.82) is 0 Å². The molecule has 21 nitrogen and oxygen atoms in total. The molecule has 0 spiro atoms. The van der Waals surface area contributed by atoms with Gasteiger partial charge in [0, 0.05) is 70.8 Å². The minimum absolute atomic E-state index is 0.0115. The van der Waals surface area contributed by atoms with Crippen LogP contribution in [0.4, 0.5) is 10.5 Å². The molecule has 2 fully saturated rings. The zero-order valence-electron chi connectivity index (χ0n) is 53.6. The third-order valence-electron chi connectivity index (χ3n) is 17.6. The van der Waals surface area contributed by atoms with Crippen molar-refractivity contribution in [3.63, 3.8) is 0 Å². The number of hydrogen-bond donors (Lipinski definition) is 4. The molecule has 0 aliphatic carbocycles. The van der Waals surface area contributed by atoms with Gasteiger partial charge in [0.05, 0.1) is 50.3 Å². The molecule has 0 unspecified atom stereocenters. The number of anilines is 1. The van der Waals surface area contributed by atoms with Crippen LogP contribution in [0.5, 0.6) is 5.75 Å². The lowest BCUT2D eigenvalue weighted by molar-refractivity contribution is -0.187. The number of amides is 5. The summed E-state index contributed by atoms with van der Waals surface area (Å²) in [6, 6.07) is 5.33. The van der Waals surface area contributed by atoms with Crippen molar-refractivity contribution < 1.29 is 76.7 Å². The number of fused-ring (bicyclic) bond motifs is 5. The van der Waals surface area contributed by atoms with Gasteiger partial charge < -0.3 is 59.7 Å². The number of halogens is 1. The number of aliphatic hydroxyl groups is 1. The summed E-state index contributed by atoms with van der Waals surface area (Å²) in [5.74, 6) is -5.03. The maximum atomic E-state index is 14.5. The second kappa shape index (κ2) is 32.7. The normalized spacial score (nSPS) is 24.1. The van der Waals surface area contributed by atoms with E-state index in [-0.39, 0.29) is 91.6 Å². The second-order valence-corrected chi connectivity index (χ2v) is 24.9. The number of primary amides is 1. The number of urea groups is 1. The number of methoxy groups -OCH3 is 2. The van der Waals surface area contributed by atoms with E-state index in [0.29, 0.717) is 67.5 Å². The Morgan fingerprint density at radius 1 is 0.977 bits per heavy atom. The highest BCUT2D eigenvalue weighted by Gasteiger charge is 2.64. The first-order valence-corrected chi connectivity index (χ1v) is 31.1. The summed E-state index contributed by atoms with van der Waals surface area (Å²) in [5.41, 5.74) is 5.61. The number of benzene rings is 2. The summed E-state index contributed by atoms with van der Waals surface area (Å²) in [7, 11) is 5.89. The van der Waals surface area contributed by atoms with Crippen molar-refractivity contribution >= 4 is 70.5 Å². The maximum Gasteiger partial charge on any atom is 0.328 e. The van der Waals surface area contributed by atoms with Crippen LogP contribution in [-0.2, 0) is 70.1 Å². The number of esters is 3. The number of ketones is 2. The van der Waals surface area contributed by atoms with Crippen LogP contribution >= 0.6 is 11.6 Å². The van der Waals surface area contributed by atoms with Gasteiger partial charge in [0.2, 0.25) is 11.8 Å². The number of Topliss-reactive ketones (excluding diaryl/α,β-unsaturated/α-hetero) is 2. The van der Waals surface area contributed by atoms with Gasteiger partial charge in [-0.1, -0.05) is 76.1 Å². The first kappa shape index (κ1) is 72.1. The first-order chi connectivity index (χ1) is 41.5. The lowest BCUT2D eigenvalue weighted by Crippen LogP contribution is -2.53. The number of nitrogens with two attached hydrogens (primary N) is 1. The van der Waals surface area contributed by atoms with Gasteiger partial charge in [-0.2, -0.15) is 0 Å². The molecule has 22 heteroatoms. The zero-order valence-corrected chi connectivity index (χ0v) is 54.4. The Balaban J connectivity index is 1.32. The molecular weight excluding hydrogens is 1150 g/mol. The van der Waals surface area contributed by atoms with Crippen LogP contribution in [0.1, 0.15) is 159 Å². The molecule has 3 aliphatic heterocycles. The largest absolute Gasteiger partial charge is 0.495 e. The lowest BCUT2D eigenvalue weighted by Gasteiger charge is -2.41. The van der Waals surface area contributed by atoms with E-state index in [4.69, 9.17) is 45.8 Å². The first-order valence-electron chi connectivity index (χ1n) is 30.7. The molecule has 5 rings (SSSR count). The van der Waals surface area contributed by atoms with E-state index in [2.05, 4.69) is 10.6 Å². The minimum atomic E-state index is -1.66. The number of hydrogen-bond acceptors (Lipinski definition) is 16. The van der Waals surface area contributed by atoms with Crippen LogP contribution in [-0.4, -0.2) is 152 Å². The number of allylic oxidation sites excluding steroid dienone is 3. The summed E-state index contributed by atoms with van der Waals surface area (Å²) in [5, 5.41) is 17.6. The highest BCUT2D eigenvalue weighted by Crippen LogP contribution is 2.50. The highest BCUT2D eigenvalue weighted by atomic mass is 35.5. The van der Waals surface area contributed by atoms with Crippen LogP contribution in [0, 0.1) is 30.6 Å². The van der Waals surface area contributed by atoms with E-state index < -0.39 is 102 Å². The van der Waals surface area contributed by atoms with Gasteiger partial charge in [-0.05, 0) is 126 Å². The number of likely N-dealkylation sites (N-methyl/N-ethyl adjacent to an activating group) is 1. The van der Waals surface area contributed by atoms with Crippen molar-refractivity contribution in [1.82, 2.24) is 15.5 Å². The molecule has 2 saturated heterocycles. The van der Waals surface area contributed by atoms with Gasteiger partial charge in [0.25, 0.3) is 5.91 Å². The fraction of sp³-hybridized carbons (Fsp3) is 0.621. The third kappa shape index (κ3) is 19.2. The number of aryl methyl sites for hydroxylation is 1. The SMILES string of the molecule is CCC(CC)C(=O)OCCCCCC(=O)C[C@H](C(=O)N[C@@H](CCCNC(N)=O)C(=O)Cc1ccc(C(=O)N(C)[C@@H](C)C(=O)O[C@H]2CC(=O)N(C)c3cc(cc(OC)c3Cl)C/C(C)=C/C=C/[C@@H](OC)[C@]3(O)CC(=O)O[C@@H](C3)[C@@H](C)[C@@H]3O[C@@]23C)cc1C)C(C)C.